The van der Waals surface area contributed by atoms with Crippen LogP contribution in [0, 0.1) is 5.92 Å². The molecular formula is C17H21ClN2O2S. The topological polar surface area (TPSA) is 40.6 Å². The summed E-state index contributed by atoms with van der Waals surface area (Å²) in [4.78, 5) is 28.4. The van der Waals surface area contributed by atoms with E-state index in [1.165, 1.54) is 0 Å². The van der Waals surface area contributed by atoms with Gasteiger partial charge in [-0.3, -0.25) is 9.59 Å². The fourth-order valence-electron chi connectivity index (χ4n) is 3.32. The van der Waals surface area contributed by atoms with Crippen LogP contribution in [0.1, 0.15) is 18.4 Å². The molecule has 3 aliphatic heterocycles. The van der Waals surface area contributed by atoms with Gasteiger partial charge in [-0.1, -0.05) is 29.8 Å². The maximum absolute atomic E-state index is 12.5. The second-order valence-corrected chi connectivity index (χ2v) is 7.65. The Bertz CT molecular complexity index is 610. The average Bonchev–Trinajstić information content (AvgIpc) is 2.83. The van der Waals surface area contributed by atoms with Gasteiger partial charge < -0.3 is 9.80 Å². The summed E-state index contributed by atoms with van der Waals surface area (Å²) < 4.78 is 0. The minimum Gasteiger partial charge on any atom is -0.341 e. The van der Waals surface area contributed by atoms with E-state index in [-0.39, 0.29) is 23.8 Å². The molecule has 6 heteroatoms. The quantitative estimate of drug-likeness (QED) is 0.836. The van der Waals surface area contributed by atoms with Crippen molar-refractivity contribution in [3.05, 3.63) is 34.9 Å². The van der Waals surface area contributed by atoms with E-state index in [9.17, 15) is 9.59 Å². The first kappa shape index (κ1) is 16.7. The number of amides is 2. The normalized spacial score (nSPS) is 24.0. The van der Waals surface area contributed by atoms with Crippen molar-refractivity contribution in [1.29, 1.82) is 0 Å². The zero-order chi connectivity index (χ0) is 16.4. The SMILES string of the molecule is CN1C(=O)[C@H]2CC[C@@H]1CN(C(=O)CSCc1ccccc1Cl)C2. The molecule has 1 aromatic rings. The molecule has 3 aliphatic rings. The lowest BCUT2D eigenvalue weighted by atomic mass is 9.95. The number of carbonyl (C=O) groups is 2. The monoisotopic (exact) mass is 352 g/mol. The van der Waals surface area contributed by atoms with Gasteiger partial charge in [0, 0.05) is 37.0 Å². The standard InChI is InChI=1S/C17H21ClN2O2S/c1-19-14-7-6-12(17(19)22)8-20(9-14)16(21)11-23-10-13-4-2-3-5-15(13)18/h2-5,12,14H,6-11H2,1H3/t12-,14+/m0/s1. The molecule has 4 nitrogen and oxygen atoms in total. The molecule has 0 spiro atoms. The lowest BCUT2D eigenvalue weighted by Crippen LogP contribution is -2.45. The Balaban J connectivity index is 1.55. The molecule has 3 saturated heterocycles. The van der Waals surface area contributed by atoms with Crippen LogP contribution in [0.3, 0.4) is 0 Å². The third-order valence-electron chi connectivity index (χ3n) is 4.76. The minimum absolute atomic E-state index is 0.0173. The van der Waals surface area contributed by atoms with E-state index in [1.54, 1.807) is 11.8 Å². The Morgan fingerprint density at radius 1 is 1.30 bits per heavy atom. The fourth-order valence-corrected chi connectivity index (χ4v) is 4.53. The van der Waals surface area contributed by atoms with Crippen molar-refractivity contribution in [3.8, 4) is 0 Å². The second-order valence-electron chi connectivity index (χ2n) is 6.26. The fraction of sp³-hybridized carbons (Fsp3) is 0.529. The zero-order valence-electron chi connectivity index (χ0n) is 13.2. The summed E-state index contributed by atoms with van der Waals surface area (Å²) in [6, 6.07) is 7.89. The minimum atomic E-state index is -0.0173. The number of piperidine rings is 1. The van der Waals surface area contributed by atoms with Gasteiger partial charge in [0.15, 0.2) is 0 Å². The van der Waals surface area contributed by atoms with Crippen molar-refractivity contribution in [3.63, 3.8) is 0 Å². The number of fused-ring (bicyclic) bond motifs is 4. The summed E-state index contributed by atoms with van der Waals surface area (Å²) in [5, 5.41) is 0.743. The van der Waals surface area contributed by atoms with Gasteiger partial charge >= 0.3 is 0 Å². The Morgan fingerprint density at radius 2 is 2.09 bits per heavy atom. The average molecular weight is 353 g/mol. The van der Waals surface area contributed by atoms with Crippen LogP contribution in [0.5, 0.6) is 0 Å². The van der Waals surface area contributed by atoms with Crippen molar-refractivity contribution in [2.45, 2.75) is 24.6 Å². The number of rotatable bonds is 4. The lowest BCUT2D eigenvalue weighted by Gasteiger charge is -2.32. The van der Waals surface area contributed by atoms with E-state index < -0.39 is 0 Å². The molecule has 0 aliphatic carbocycles. The first-order valence-corrected chi connectivity index (χ1v) is 9.45. The van der Waals surface area contributed by atoms with Crippen molar-refractivity contribution >= 4 is 35.2 Å². The van der Waals surface area contributed by atoms with Crippen molar-refractivity contribution in [1.82, 2.24) is 9.80 Å². The molecule has 0 aromatic heterocycles. The van der Waals surface area contributed by atoms with Crippen LogP contribution in [0.2, 0.25) is 5.02 Å². The van der Waals surface area contributed by atoms with E-state index in [2.05, 4.69) is 0 Å². The highest BCUT2D eigenvalue weighted by molar-refractivity contribution is 7.99. The van der Waals surface area contributed by atoms with Gasteiger partial charge in [-0.2, -0.15) is 0 Å². The van der Waals surface area contributed by atoms with Crippen LogP contribution < -0.4 is 0 Å². The zero-order valence-corrected chi connectivity index (χ0v) is 14.8. The van der Waals surface area contributed by atoms with Crippen molar-refractivity contribution in [2.24, 2.45) is 5.92 Å². The van der Waals surface area contributed by atoms with Gasteiger partial charge in [0.05, 0.1) is 11.7 Å². The third-order valence-corrected chi connectivity index (χ3v) is 6.09. The summed E-state index contributed by atoms with van der Waals surface area (Å²) in [5.41, 5.74) is 1.05. The molecule has 0 unspecified atom stereocenters. The van der Waals surface area contributed by atoms with Crippen LogP contribution in [0.25, 0.3) is 0 Å². The van der Waals surface area contributed by atoms with E-state index in [1.807, 2.05) is 41.1 Å². The maximum atomic E-state index is 12.5. The Morgan fingerprint density at radius 3 is 2.87 bits per heavy atom. The van der Waals surface area contributed by atoms with Gasteiger partial charge in [0.1, 0.15) is 0 Å². The summed E-state index contributed by atoms with van der Waals surface area (Å²) in [6.07, 6.45) is 1.91. The molecule has 3 heterocycles. The molecule has 124 valence electrons. The number of thioether (sulfide) groups is 1. The van der Waals surface area contributed by atoms with Gasteiger partial charge in [-0.05, 0) is 24.5 Å². The molecule has 23 heavy (non-hydrogen) atoms. The largest absolute Gasteiger partial charge is 0.341 e. The molecule has 4 rings (SSSR count). The summed E-state index contributed by atoms with van der Waals surface area (Å²) in [7, 11) is 1.86. The molecule has 2 atom stereocenters. The van der Waals surface area contributed by atoms with E-state index in [0.29, 0.717) is 18.8 Å². The molecule has 1 aromatic carbocycles. The number of halogens is 1. The summed E-state index contributed by atoms with van der Waals surface area (Å²) >= 11 is 7.72. The highest BCUT2D eigenvalue weighted by Gasteiger charge is 2.39. The highest BCUT2D eigenvalue weighted by atomic mass is 35.5. The molecule has 0 saturated carbocycles. The molecule has 3 fully saturated rings. The third kappa shape index (κ3) is 3.66. The van der Waals surface area contributed by atoms with Crippen LogP contribution in [0.15, 0.2) is 24.3 Å². The first-order chi connectivity index (χ1) is 11.1. The number of nitrogens with zero attached hydrogens (tertiary/aromatic N) is 2. The maximum Gasteiger partial charge on any atom is 0.232 e. The van der Waals surface area contributed by atoms with Crippen molar-refractivity contribution in [2.75, 3.05) is 25.9 Å². The van der Waals surface area contributed by atoms with E-state index in [0.717, 1.165) is 29.2 Å². The second kappa shape index (κ2) is 7.14. The molecule has 0 radical (unpaired) electrons. The van der Waals surface area contributed by atoms with Gasteiger partial charge in [0.2, 0.25) is 11.8 Å². The van der Waals surface area contributed by atoms with Gasteiger partial charge in [-0.25, -0.2) is 0 Å². The molecule has 2 amide bonds. The van der Waals surface area contributed by atoms with Crippen LogP contribution >= 0.6 is 23.4 Å². The number of likely N-dealkylation sites (N-methyl/N-ethyl adjacent to an activating group) is 1. The highest BCUT2D eigenvalue weighted by Crippen LogP contribution is 2.28. The first-order valence-electron chi connectivity index (χ1n) is 7.92. The lowest BCUT2D eigenvalue weighted by molar-refractivity contribution is -0.138. The summed E-state index contributed by atoms with van der Waals surface area (Å²) in [6.45, 7) is 1.25. The summed E-state index contributed by atoms with van der Waals surface area (Å²) in [5.74, 6) is 1.46. The number of hydrogen-bond acceptors (Lipinski definition) is 3. The predicted octanol–water partition coefficient (Wildman–Crippen LogP) is 2.65. The van der Waals surface area contributed by atoms with Gasteiger partial charge in [0.25, 0.3) is 0 Å². The predicted molar refractivity (Wildman–Crippen MR) is 93.5 cm³/mol. The van der Waals surface area contributed by atoms with Crippen LogP contribution in [-0.4, -0.2) is 53.5 Å². The Kier molecular flexibility index (Phi) is 5.17. The van der Waals surface area contributed by atoms with E-state index >= 15 is 0 Å². The Hall–Kier alpha value is -1.20. The molecule has 0 N–H and O–H groups in total. The van der Waals surface area contributed by atoms with Crippen LogP contribution in [-0.2, 0) is 15.3 Å². The number of carbonyl (C=O) groups excluding carboxylic acids is 2. The molecule has 2 bridgehead atoms. The van der Waals surface area contributed by atoms with Crippen LogP contribution in [0.4, 0.5) is 0 Å². The Labute approximate surface area is 146 Å². The number of hydrogen-bond donors (Lipinski definition) is 0. The smallest absolute Gasteiger partial charge is 0.232 e. The molecular weight excluding hydrogens is 332 g/mol. The number of benzene rings is 1. The van der Waals surface area contributed by atoms with Crippen molar-refractivity contribution < 1.29 is 9.59 Å². The van der Waals surface area contributed by atoms with E-state index in [4.69, 9.17) is 11.6 Å². The van der Waals surface area contributed by atoms with Gasteiger partial charge in [-0.15, -0.1) is 11.8 Å².